The normalized spacial score (nSPS) is 20.1. The first-order valence-corrected chi connectivity index (χ1v) is 12.7. The second kappa shape index (κ2) is 9.76. The fourth-order valence-electron chi connectivity index (χ4n) is 4.99. The van der Waals surface area contributed by atoms with E-state index >= 15 is 0 Å². The van der Waals surface area contributed by atoms with Crippen LogP contribution in [0, 0.1) is 5.92 Å². The molecule has 0 unspecified atom stereocenters. The summed E-state index contributed by atoms with van der Waals surface area (Å²) in [6.45, 7) is 0.364. The number of nitrogens with one attached hydrogen (secondary N) is 1. The smallest absolute Gasteiger partial charge is 0.336 e. The Hall–Kier alpha value is -2.67. The molecule has 3 aromatic carbocycles. The Morgan fingerprint density at radius 2 is 1.94 bits per heavy atom. The lowest BCUT2D eigenvalue weighted by molar-refractivity contribution is 0.0695. The Morgan fingerprint density at radius 1 is 1.17 bits per heavy atom. The minimum Gasteiger partial charge on any atom is -0.493 e. The third-order valence-electron chi connectivity index (χ3n) is 6.61. The van der Waals surface area contributed by atoms with Crippen molar-refractivity contribution < 1.29 is 19.4 Å². The Labute approximate surface area is 221 Å². The van der Waals surface area contributed by atoms with Crippen LogP contribution in [0.5, 0.6) is 11.5 Å². The van der Waals surface area contributed by atoms with Crippen molar-refractivity contribution in [3.05, 3.63) is 97.5 Å². The third-order valence-corrected chi connectivity index (χ3v) is 7.76. The molecule has 3 aromatic rings. The van der Waals surface area contributed by atoms with Gasteiger partial charge in [-0.15, -0.1) is 0 Å². The van der Waals surface area contributed by atoms with E-state index in [0.29, 0.717) is 33.8 Å². The maximum atomic E-state index is 11.9. The number of halogens is 3. The number of methoxy groups -OCH3 is 1. The Bertz CT molecular complexity index is 1330. The molecule has 8 heteroatoms. The second-order valence-corrected chi connectivity index (χ2v) is 10.3. The lowest BCUT2D eigenvalue weighted by Gasteiger charge is -2.38. The molecule has 0 fully saturated rings. The molecule has 2 N–H and O–H groups in total. The summed E-state index contributed by atoms with van der Waals surface area (Å²) in [6, 6.07) is 14.6. The summed E-state index contributed by atoms with van der Waals surface area (Å²) in [5, 5.41) is 14.5. The highest BCUT2D eigenvalue weighted by atomic mass is 79.9. The van der Waals surface area contributed by atoms with E-state index in [4.69, 9.17) is 32.7 Å². The van der Waals surface area contributed by atoms with Gasteiger partial charge in [-0.3, -0.25) is 0 Å². The van der Waals surface area contributed by atoms with Crippen LogP contribution in [0.15, 0.2) is 65.2 Å². The average molecular weight is 575 g/mol. The molecule has 0 radical (unpaired) electrons. The molecule has 0 saturated heterocycles. The van der Waals surface area contributed by atoms with Gasteiger partial charge >= 0.3 is 5.97 Å². The van der Waals surface area contributed by atoms with Crippen LogP contribution in [-0.2, 0) is 6.61 Å². The Balaban J connectivity index is 1.49. The van der Waals surface area contributed by atoms with Crippen molar-refractivity contribution in [2.75, 3.05) is 12.4 Å². The minimum atomic E-state index is -0.955. The molecular weight excluding hydrogens is 553 g/mol. The maximum Gasteiger partial charge on any atom is 0.336 e. The lowest BCUT2D eigenvalue weighted by atomic mass is 9.75. The van der Waals surface area contributed by atoms with Gasteiger partial charge in [0.25, 0.3) is 0 Å². The SMILES string of the molecule is COc1cc([C@@H]2Nc3c(Cl)ccc(C(=O)O)c3[C@@H]3C=CC[C@H]32)cc(Br)c1OCc1ccc(Cl)cc1. The summed E-state index contributed by atoms with van der Waals surface area (Å²) in [5.74, 6) is 0.338. The number of allylic oxidation sites excluding steroid dienone is 2. The Kier molecular flexibility index (Phi) is 6.71. The summed E-state index contributed by atoms with van der Waals surface area (Å²) in [6.07, 6.45) is 5.03. The van der Waals surface area contributed by atoms with E-state index in [9.17, 15) is 9.90 Å². The first-order chi connectivity index (χ1) is 16.9. The molecule has 1 aliphatic carbocycles. The molecule has 35 heavy (non-hydrogen) atoms. The van der Waals surface area contributed by atoms with Crippen LogP contribution in [-0.4, -0.2) is 18.2 Å². The number of aromatic carboxylic acids is 1. The zero-order valence-corrected chi connectivity index (χ0v) is 21.8. The van der Waals surface area contributed by atoms with Crippen molar-refractivity contribution >= 4 is 50.8 Å². The number of anilines is 1. The van der Waals surface area contributed by atoms with E-state index in [1.807, 2.05) is 36.4 Å². The molecule has 3 atom stereocenters. The molecule has 0 aromatic heterocycles. The number of ether oxygens (including phenoxy) is 2. The third kappa shape index (κ3) is 4.51. The van der Waals surface area contributed by atoms with Gasteiger partial charge in [0.2, 0.25) is 0 Å². The second-order valence-electron chi connectivity index (χ2n) is 8.61. The van der Waals surface area contributed by atoms with E-state index < -0.39 is 5.97 Å². The number of hydrogen-bond donors (Lipinski definition) is 2. The fraction of sp³-hybridized carbons (Fsp3) is 0.222. The van der Waals surface area contributed by atoms with Gasteiger partial charge in [0, 0.05) is 10.9 Å². The average Bonchev–Trinajstić information content (AvgIpc) is 3.33. The van der Waals surface area contributed by atoms with E-state index in [0.717, 1.165) is 27.6 Å². The Morgan fingerprint density at radius 3 is 2.66 bits per heavy atom. The number of hydrogen-bond acceptors (Lipinski definition) is 4. The number of carboxylic acids is 1. The molecule has 2 aliphatic rings. The predicted molar refractivity (Wildman–Crippen MR) is 141 cm³/mol. The van der Waals surface area contributed by atoms with Crippen molar-refractivity contribution in [3.63, 3.8) is 0 Å². The van der Waals surface area contributed by atoms with Gasteiger partial charge < -0.3 is 19.9 Å². The summed E-state index contributed by atoms with van der Waals surface area (Å²) in [7, 11) is 1.61. The number of carbonyl (C=O) groups is 1. The first kappa shape index (κ1) is 24.0. The molecule has 5 nitrogen and oxygen atoms in total. The standard InChI is InChI=1S/C27H22BrCl2NO4/c1-34-22-12-15(11-20(28)26(22)35-13-14-5-7-16(29)8-6-14)24-18-4-2-3-17(18)23-19(27(32)33)9-10-21(30)25(23)31-24/h2-3,5-12,17-18,24,31H,4,13H2,1H3,(H,32,33)/t17-,18-,24+/m1/s1. The topological polar surface area (TPSA) is 67.8 Å². The zero-order valence-electron chi connectivity index (χ0n) is 18.7. The monoisotopic (exact) mass is 573 g/mol. The number of benzene rings is 3. The van der Waals surface area contributed by atoms with Crippen molar-refractivity contribution in [1.82, 2.24) is 0 Å². The highest BCUT2D eigenvalue weighted by molar-refractivity contribution is 9.10. The highest BCUT2D eigenvalue weighted by Gasteiger charge is 2.41. The summed E-state index contributed by atoms with van der Waals surface area (Å²) in [5.41, 5.74) is 3.67. The predicted octanol–water partition coefficient (Wildman–Crippen LogP) is 7.87. The van der Waals surface area contributed by atoms with Crippen LogP contribution in [0.3, 0.4) is 0 Å². The molecule has 0 bridgehead atoms. The molecule has 0 spiro atoms. The largest absolute Gasteiger partial charge is 0.493 e. The first-order valence-electron chi connectivity index (χ1n) is 11.1. The van der Waals surface area contributed by atoms with E-state index in [-0.39, 0.29) is 23.4 Å². The van der Waals surface area contributed by atoms with Gasteiger partial charge in [-0.25, -0.2) is 4.79 Å². The van der Waals surface area contributed by atoms with Gasteiger partial charge in [0.1, 0.15) is 6.61 Å². The molecule has 1 aliphatic heterocycles. The van der Waals surface area contributed by atoms with Gasteiger partial charge in [-0.05, 0) is 81.4 Å². The molecular formula is C27H22BrCl2NO4. The van der Waals surface area contributed by atoms with E-state index in [1.54, 1.807) is 19.2 Å². The molecule has 1 heterocycles. The van der Waals surface area contributed by atoms with Crippen LogP contribution in [0.25, 0.3) is 0 Å². The van der Waals surface area contributed by atoms with Gasteiger partial charge in [-0.1, -0.05) is 47.5 Å². The fourth-order valence-corrected chi connectivity index (χ4v) is 5.91. The minimum absolute atomic E-state index is 0.0494. The van der Waals surface area contributed by atoms with Crippen LogP contribution >= 0.6 is 39.1 Å². The van der Waals surface area contributed by atoms with Crippen molar-refractivity contribution in [2.24, 2.45) is 5.92 Å². The quantitative estimate of drug-likeness (QED) is 0.293. The van der Waals surface area contributed by atoms with Gasteiger partial charge in [0.05, 0.1) is 33.9 Å². The van der Waals surface area contributed by atoms with E-state index in [2.05, 4.69) is 33.4 Å². The summed E-state index contributed by atoms with van der Waals surface area (Å²) in [4.78, 5) is 11.9. The number of rotatable bonds is 6. The van der Waals surface area contributed by atoms with Crippen molar-refractivity contribution in [2.45, 2.75) is 25.0 Å². The van der Waals surface area contributed by atoms with Crippen LogP contribution in [0.4, 0.5) is 5.69 Å². The molecule has 180 valence electrons. The summed E-state index contributed by atoms with van der Waals surface area (Å²) < 4.78 is 12.6. The zero-order chi connectivity index (χ0) is 24.7. The maximum absolute atomic E-state index is 11.9. The highest BCUT2D eigenvalue weighted by Crippen LogP contribution is 2.53. The van der Waals surface area contributed by atoms with Crippen LogP contribution in [0.2, 0.25) is 10.0 Å². The number of fused-ring (bicyclic) bond motifs is 3. The number of carboxylic acid groups (broad SMARTS) is 1. The van der Waals surface area contributed by atoms with E-state index in [1.165, 1.54) is 0 Å². The van der Waals surface area contributed by atoms with Crippen LogP contribution in [0.1, 0.15) is 45.4 Å². The van der Waals surface area contributed by atoms with Crippen molar-refractivity contribution in [1.29, 1.82) is 0 Å². The molecule has 0 saturated carbocycles. The van der Waals surface area contributed by atoms with Crippen LogP contribution < -0.4 is 14.8 Å². The molecule has 0 amide bonds. The molecule has 5 rings (SSSR count). The lowest BCUT2D eigenvalue weighted by Crippen LogP contribution is -2.30. The van der Waals surface area contributed by atoms with Gasteiger partial charge in [-0.2, -0.15) is 0 Å². The van der Waals surface area contributed by atoms with Crippen molar-refractivity contribution in [3.8, 4) is 11.5 Å². The summed E-state index contributed by atoms with van der Waals surface area (Å²) >= 11 is 16.2. The van der Waals surface area contributed by atoms with Gasteiger partial charge in [0.15, 0.2) is 11.5 Å².